The lowest BCUT2D eigenvalue weighted by Crippen LogP contribution is -2.42. The number of hydrogen-bond acceptors (Lipinski definition) is 5. The fourth-order valence-corrected chi connectivity index (χ4v) is 5.82. The third-order valence-corrected chi connectivity index (χ3v) is 7.31. The van der Waals surface area contributed by atoms with E-state index in [-0.39, 0.29) is 5.75 Å². The zero-order chi connectivity index (χ0) is 21.8. The molecule has 31 heavy (non-hydrogen) atoms. The molecule has 5 rings (SSSR count). The van der Waals surface area contributed by atoms with Gasteiger partial charge in [0.05, 0.1) is 17.6 Å². The molecule has 3 aromatic rings. The number of aromatic hydroxyl groups is 1. The first-order valence-electron chi connectivity index (χ1n) is 10.8. The maximum absolute atomic E-state index is 13.2. The first-order valence-corrected chi connectivity index (χ1v) is 10.8. The molecule has 0 amide bonds. The molecule has 2 aliphatic rings. The molecule has 7 heteroatoms. The number of imidazole rings is 1. The monoisotopic (exact) mass is 421 g/mol. The van der Waals surface area contributed by atoms with Crippen molar-refractivity contribution in [1.29, 1.82) is 0 Å². The Bertz CT molecular complexity index is 1100. The summed E-state index contributed by atoms with van der Waals surface area (Å²) in [6, 6.07) is 9.45. The molecule has 1 N–H and O–H groups in total. The molecule has 1 aromatic carbocycles. The van der Waals surface area contributed by atoms with Crippen molar-refractivity contribution in [3.05, 3.63) is 48.8 Å². The van der Waals surface area contributed by atoms with E-state index in [2.05, 4.69) is 41.0 Å². The van der Waals surface area contributed by atoms with Crippen molar-refractivity contribution < 1.29 is 9.50 Å². The molecule has 0 spiro atoms. The Morgan fingerprint density at radius 2 is 1.84 bits per heavy atom. The van der Waals surface area contributed by atoms with Crippen LogP contribution in [0.15, 0.2) is 42.9 Å². The zero-order valence-corrected chi connectivity index (χ0v) is 18.2. The lowest BCUT2D eigenvalue weighted by atomic mass is 9.68. The van der Waals surface area contributed by atoms with Crippen molar-refractivity contribution in [2.75, 3.05) is 11.9 Å². The van der Waals surface area contributed by atoms with Crippen LogP contribution < -0.4 is 4.90 Å². The summed E-state index contributed by atoms with van der Waals surface area (Å²) >= 11 is 0. The number of phenolic OH excluding ortho intramolecular Hbond substituents is 1. The molecule has 2 saturated carbocycles. The summed E-state index contributed by atoms with van der Waals surface area (Å²) in [5.74, 6) is 0.349. The van der Waals surface area contributed by atoms with E-state index in [1.165, 1.54) is 49.2 Å². The molecule has 0 saturated heterocycles. The summed E-state index contributed by atoms with van der Waals surface area (Å²) in [5, 5.41) is 19.4. The van der Waals surface area contributed by atoms with Crippen molar-refractivity contribution >= 4 is 5.82 Å². The number of rotatable bonds is 4. The van der Waals surface area contributed by atoms with Gasteiger partial charge in [-0.25, -0.2) is 4.98 Å². The van der Waals surface area contributed by atoms with E-state index < -0.39 is 5.95 Å². The standard InChI is InChI=1S/C24H28FN5O/c1-23-8-9-24(2,14-23)12-17(11-23)29(3)22-7-6-19(27-28-22)18-5-4-16(10-20(18)31)30-13-21(25)26-15-30/h4-7,10,13,15,17,31H,8-9,11-12,14H2,1-3H3/t17?,23-,24+. The first-order chi connectivity index (χ1) is 14.7. The van der Waals surface area contributed by atoms with Crippen LogP contribution in [-0.4, -0.2) is 37.9 Å². The van der Waals surface area contributed by atoms with Gasteiger partial charge in [-0.3, -0.25) is 0 Å². The zero-order valence-electron chi connectivity index (χ0n) is 18.2. The van der Waals surface area contributed by atoms with Gasteiger partial charge >= 0.3 is 0 Å². The molecule has 2 aliphatic carbocycles. The molecular weight excluding hydrogens is 393 g/mol. The first kappa shape index (κ1) is 20.0. The van der Waals surface area contributed by atoms with E-state index in [1.807, 2.05) is 12.1 Å². The van der Waals surface area contributed by atoms with Gasteiger partial charge in [0.1, 0.15) is 12.1 Å². The van der Waals surface area contributed by atoms with Gasteiger partial charge in [-0.1, -0.05) is 13.8 Å². The highest BCUT2D eigenvalue weighted by Gasteiger charge is 2.49. The molecule has 6 nitrogen and oxygen atoms in total. The Labute approximate surface area is 181 Å². The minimum absolute atomic E-state index is 0.0618. The molecule has 162 valence electrons. The third-order valence-electron chi connectivity index (χ3n) is 7.31. The number of fused-ring (bicyclic) bond motifs is 2. The van der Waals surface area contributed by atoms with E-state index in [1.54, 1.807) is 18.2 Å². The Morgan fingerprint density at radius 3 is 2.42 bits per heavy atom. The van der Waals surface area contributed by atoms with Gasteiger partial charge in [-0.15, -0.1) is 10.2 Å². The van der Waals surface area contributed by atoms with Gasteiger partial charge < -0.3 is 14.6 Å². The van der Waals surface area contributed by atoms with Gasteiger partial charge in [-0.2, -0.15) is 4.39 Å². The van der Waals surface area contributed by atoms with E-state index in [4.69, 9.17) is 0 Å². The van der Waals surface area contributed by atoms with E-state index in [0.717, 1.165) is 5.82 Å². The van der Waals surface area contributed by atoms with Crippen LogP contribution in [0, 0.1) is 16.8 Å². The van der Waals surface area contributed by atoms with Gasteiger partial charge in [0.2, 0.25) is 5.95 Å². The highest BCUT2D eigenvalue weighted by molar-refractivity contribution is 5.69. The van der Waals surface area contributed by atoms with Gasteiger partial charge in [0, 0.05) is 24.7 Å². The molecule has 0 radical (unpaired) electrons. The maximum atomic E-state index is 13.2. The molecule has 0 aliphatic heterocycles. The average Bonchev–Trinajstić information content (AvgIpc) is 3.27. The highest BCUT2D eigenvalue weighted by atomic mass is 19.1. The molecular formula is C24H28FN5O. The predicted octanol–water partition coefficient (Wildman–Crippen LogP) is 4.97. The van der Waals surface area contributed by atoms with Crippen molar-refractivity contribution in [1.82, 2.24) is 19.7 Å². The van der Waals surface area contributed by atoms with E-state index >= 15 is 0 Å². The minimum Gasteiger partial charge on any atom is -0.507 e. The van der Waals surface area contributed by atoms with Gasteiger partial charge in [0.15, 0.2) is 5.82 Å². The highest BCUT2D eigenvalue weighted by Crippen LogP contribution is 2.58. The van der Waals surface area contributed by atoms with E-state index in [9.17, 15) is 9.50 Å². The Morgan fingerprint density at radius 1 is 1.10 bits per heavy atom. The summed E-state index contributed by atoms with van der Waals surface area (Å²) in [6.45, 7) is 4.86. The van der Waals surface area contributed by atoms with Gasteiger partial charge in [0.25, 0.3) is 0 Å². The molecule has 2 fully saturated rings. The lowest BCUT2D eigenvalue weighted by Gasteiger charge is -2.44. The van der Waals surface area contributed by atoms with Crippen LogP contribution in [0.1, 0.15) is 46.0 Å². The fraction of sp³-hybridized carbons (Fsp3) is 0.458. The molecule has 2 bridgehead atoms. The van der Waals surface area contributed by atoms with Crippen LogP contribution in [0.25, 0.3) is 16.9 Å². The van der Waals surface area contributed by atoms with Crippen LogP contribution in [0.5, 0.6) is 5.75 Å². The van der Waals surface area contributed by atoms with Crippen LogP contribution in [0.2, 0.25) is 0 Å². The molecule has 2 aromatic heterocycles. The summed E-state index contributed by atoms with van der Waals surface area (Å²) in [4.78, 5) is 5.85. The lowest BCUT2D eigenvalue weighted by molar-refractivity contribution is 0.148. The number of benzene rings is 1. The van der Waals surface area contributed by atoms with Crippen LogP contribution in [0.4, 0.5) is 10.2 Å². The second-order valence-electron chi connectivity index (χ2n) is 10.1. The molecule has 3 atom stereocenters. The Kier molecular flexibility index (Phi) is 4.53. The predicted molar refractivity (Wildman–Crippen MR) is 118 cm³/mol. The van der Waals surface area contributed by atoms with Crippen molar-refractivity contribution in [2.45, 2.75) is 52.0 Å². The third kappa shape index (κ3) is 3.66. The topological polar surface area (TPSA) is 67.1 Å². The average molecular weight is 422 g/mol. The molecule has 1 unspecified atom stereocenters. The number of phenols is 1. The summed E-state index contributed by atoms with van der Waals surface area (Å²) in [6.07, 6.45) is 8.98. The second kappa shape index (κ2) is 7.04. The van der Waals surface area contributed by atoms with Crippen molar-refractivity contribution in [3.8, 4) is 22.7 Å². The fourth-order valence-electron chi connectivity index (χ4n) is 5.82. The largest absolute Gasteiger partial charge is 0.507 e. The smallest absolute Gasteiger partial charge is 0.231 e. The van der Waals surface area contributed by atoms with Crippen LogP contribution in [-0.2, 0) is 0 Å². The quantitative estimate of drug-likeness (QED) is 0.644. The Hall–Kier alpha value is -2.96. The summed E-state index contributed by atoms with van der Waals surface area (Å²) in [7, 11) is 2.11. The van der Waals surface area contributed by atoms with Crippen molar-refractivity contribution in [2.24, 2.45) is 10.8 Å². The van der Waals surface area contributed by atoms with Gasteiger partial charge in [-0.05, 0) is 67.2 Å². The SMILES string of the molecule is CN(c1ccc(-c2ccc(-n3cnc(F)c3)cc2O)nn1)C1C[C@]2(C)CC[C@](C)(C1)C2. The molecule has 2 heterocycles. The number of anilines is 1. The van der Waals surface area contributed by atoms with Crippen molar-refractivity contribution in [3.63, 3.8) is 0 Å². The Balaban J connectivity index is 1.35. The summed E-state index contributed by atoms with van der Waals surface area (Å²) < 4.78 is 14.7. The minimum atomic E-state index is -0.567. The normalized spacial score (nSPS) is 27.4. The van der Waals surface area contributed by atoms with Crippen LogP contribution in [0.3, 0.4) is 0 Å². The number of nitrogens with zero attached hydrogens (tertiary/aromatic N) is 5. The second-order valence-corrected chi connectivity index (χ2v) is 10.1. The van der Waals surface area contributed by atoms with Crippen LogP contribution >= 0.6 is 0 Å². The number of halogens is 1. The number of hydrogen-bond donors (Lipinski definition) is 1. The van der Waals surface area contributed by atoms with E-state index in [0.29, 0.717) is 33.8 Å². The maximum Gasteiger partial charge on any atom is 0.231 e. The number of aromatic nitrogens is 4. The summed E-state index contributed by atoms with van der Waals surface area (Å²) in [5.41, 5.74) is 2.67.